The van der Waals surface area contributed by atoms with Crippen LogP contribution in [-0.4, -0.2) is 46.0 Å². The molecule has 166 valence electrons. The number of carbonyl (C=O) groups excluding carboxylic acids is 1. The lowest BCUT2D eigenvalue weighted by Gasteiger charge is -2.15. The molecule has 31 heavy (non-hydrogen) atoms. The van der Waals surface area contributed by atoms with Gasteiger partial charge in [-0.2, -0.15) is 5.10 Å². The third kappa shape index (κ3) is 3.60. The van der Waals surface area contributed by atoms with Gasteiger partial charge in [0.2, 0.25) is 5.88 Å². The highest BCUT2D eigenvalue weighted by Crippen LogP contribution is 2.39. The van der Waals surface area contributed by atoms with E-state index in [1.165, 1.54) is 10.9 Å². The second-order valence-electron chi connectivity index (χ2n) is 8.17. The maximum absolute atomic E-state index is 14.1. The van der Waals surface area contributed by atoms with Gasteiger partial charge in [0.25, 0.3) is 0 Å². The average Bonchev–Trinajstić information content (AvgIpc) is 3.43. The number of aromatic nitrogens is 2. The van der Waals surface area contributed by atoms with Crippen molar-refractivity contribution < 1.29 is 22.9 Å². The zero-order chi connectivity index (χ0) is 21.8. The number of nitrogens with zero attached hydrogens (tertiary/aromatic N) is 3. The van der Waals surface area contributed by atoms with E-state index in [1.54, 1.807) is 7.11 Å². The summed E-state index contributed by atoms with van der Waals surface area (Å²) in [6, 6.07) is 1.23. The van der Waals surface area contributed by atoms with Crippen LogP contribution in [0, 0.1) is 0 Å². The molecule has 1 aromatic heterocycles. The molecule has 9 nitrogen and oxygen atoms in total. The Labute approximate surface area is 179 Å². The number of carbonyl (C=O) groups is 1. The van der Waals surface area contributed by atoms with Gasteiger partial charge >= 0.3 is 6.03 Å². The molecule has 0 spiro atoms. The zero-order valence-electron chi connectivity index (χ0n) is 17.1. The molecule has 11 heteroatoms. The quantitative estimate of drug-likeness (QED) is 0.741. The van der Waals surface area contributed by atoms with Crippen molar-refractivity contribution in [3.63, 3.8) is 0 Å². The van der Waals surface area contributed by atoms with Crippen molar-refractivity contribution in [1.29, 1.82) is 0 Å². The fourth-order valence-electron chi connectivity index (χ4n) is 4.72. The molecule has 2 amide bonds. The maximum Gasteiger partial charge on any atom is 0.354 e. The van der Waals surface area contributed by atoms with Crippen LogP contribution >= 0.6 is 0 Å². The number of ether oxygens (including phenoxy) is 2. The van der Waals surface area contributed by atoms with Crippen molar-refractivity contribution in [1.82, 2.24) is 9.78 Å². The number of nitrogens with one attached hydrogen (secondary N) is 1. The topological polar surface area (TPSA) is 121 Å². The summed E-state index contributed by atoms with van der Waals surface area (Å²) in [4.78, 5) is 12.8. The monoisotopic (exact) mass is 449 g/mol. The summed E-state index contributed by atoms with van der Waals surface area (Å²) in [6.07, 6.45) is 3.35. The lowest BCUT2D eigenvalue weighted by molar-refractivity contribution is 0.0920. The van der Waals surface area contributed by atoms with Crippen molar-refractivity contribution >= 4 is 21.6 Å². The Hall–Kier alpha value is -2.50. The van der Waals surface area contributed by atoms with E-state index in [4.69, 9.17) is 14.6 Å². The molecule has 2 aromatic rings. The normalized spacial score (nSPS) is 22.9. The molecule has 3 atom stereocenters. The number of hydrogen-bond acceptors (Lipinski definition) is 5. The smallest absolute Gasteiger partial charge is 0.354 e. The molecular weight excluding hydrogens is 425 g/mol. The third-order valence-corrected chi connectivity index (χ3v) is 7.35. The largest absolute Gasteiger partial charge is 0.469 e. The van der Waals surface area contributed by atoms with Crippen LogP contribution in [0.15, 0.2) is 21.5 Å². The van der Waals surface area contributed by atoms with Gasteiger partial charge in [-0.05, 0) is 41.5 Å². The first-order valence-electron chi connectivity index (χ1n) is 10.2. The van der Waals surface area contributed by atoms with E-state index in [9.17, 15) is 13.4 Å². The van der Waals surface area contributed by atoms with Crippen LogP contribution in [0.4, 0.5) is 14.9 Å². The number of urea groups is 1. The van der Waals surface area contributed by atoms with Crippen molar-refractivity contribution in [2.45, 2.75) is 55.8 Å². The second kappa shape index (κ2) is 7.57. The number of benzene rings is 1. The van der Waals surface area contributed by atoms with Crippen LogP contribution in [0.5, 0.6) is 5.88 Å². The summed E-state index contributed by atoms with van der Waals surface area (Å²) in [6.45, 7) is 0.767. The second-order valence-corrected chi connectivity index (χ2v) is 9.93. The standard InChI is InChI=1S/C20H24FN5O4S/c1-29-10-14-9-26-19(30-14)17(8-23-26)31(22,28)25-20(27)24-18-15-4-2-3-11(15)5-12-6-13(21)7-16(12)18/h5,8,13-14H,2-4,6-7,9-10H2,1H3,(H3,22,24,25,27,28)/t13-,14+,31+/m1/s1. The number of hydrogen-bond donors (Lipinski definition) is 2. The van der Waals surface area contributed by atoms with Crippen LogP contribution in [0.2, 0.25) is 0 Å². The van der Waals surface area contributed by atoms with Gasteiger partial charge in [-0.25, -0.2) is 23.2 Å². The highest BCUT2D eigenvalue weighted by molar-refractivity contribution is 7.91. The van der Waals surface area contributed by atoms with Crippen molar-refractivity contribution in [3.8, 4) is 5.88 Å². The number of halogens is 1. The summed E-state index contributed by atoms with van der Waals surface area (Å²) < 4.78 is 43.3. The first-order valence-corrected chi connectivity index (χ1v) is 11.8. The van der Waals surface area contributed by atoms with Gasteiger partial charge in [-0.3, -0.25) is 0 Å². The molecule has 2 aliphatic carbocycles. The predicted molar refractivity (Wildman–Crippen MR) is 111 cm³/mol. The van der Waals surface area contributed by atoms with Gasteiger partial charge in [-0.1, -0.05) is 6.07 Å². The summed E-state index contributed by atoms with van der Waals surface area (Å²) in [5.74, 6) is 0.230. The molecule has 0 bridgehead atoms. The minimum Gasteiger partial charge on any atom is -0.469 e. The van der Waals surface area contributed by atoms with E-state index in [2.05, 4.69) is 20.8 Å². The summed E-state index contributed by atoms with van der Waals surface area (Å²) >= 11 is 0. The number of fused-ring (bicyclic) bond motifs is 3. The Bertz CT molecular complexity index is 1190. The number of amides is 2. The number of rotatable bonds is 4. The Morgan fingerprint density at radius 1 is 1.42 bits per heavy atom. The number of alkyl halides is 1. The van der Waals surface area contributed by atoms with Crippen molar-refractivity contribution in [2.75, 3.05) is 19.0 Å². The number of methoxy groups -OCH3 is 1. The van der Waals surface area contributed by atoms with Gasteiger partial charge in [0.1, 0.15) is 17.2 Å². The van der Waals surface area contributed by atoms with Crippen molar-refractivity contribution in [3.05, 3.63) is 34.5 Å². The zero-order valence-corrected chi connectivity index (χ0v) is 17.9. The fourth-order valence-corrected chi connectivity index (χ4v) is 5.71. The number of anilines is 1. The number of nitrogens with two attached hydrogens (primary N) is 1. The molecule has 0 radical (unpaired) electrons. The van der Waals surface area contributed by atoms with E-state index in [-0.39, 0.29) is 23.3 Å². The molecule has 0 fully saturated rings. The molecule has 0 saturated heterocycles. The van der Waals surface area contributed by atoms with Crippen LogP contribution in [0.25, 0.3) is 0 Å². The van der Waals surface area contributed by atoms with Gasteiger partial charge in [-0.15, -0.1) is 4.36 Å². The summed E-state index contributed by atoms with van der Waals surface area (Å²) in [7, 11) is -2.04. The Balaban J connectivity index is 1.44. The highest BCUT2D eigenvalue weighted by Gasteiger charge is 2.32. The summed E-state index contributed by atoms with van der Waals surface area (Å²) in [5.41, 5.74) is 4.47. The van der Waals surface area contributed by atoms with E-state index in [0.717, 1.165) is 41.5 Å². The minimum absolute atomic E-state index is 0.0635. The molecule has 0 saturated carbocycles. The first kappa shape index (κ1) is 20.4. The lowest BCUT2D eigenvalue weighted by Crippen LogP contribution is -2.22. The fraction of sp³-hybridized carbons (Fsp3) is 0.500. The molecule has 2 heterocycles. The lowest BCUT2D eigenvalue weighted by atomic mass is 9.99. The molecule has 3 N–H and O–H groups in total. The van der Waals surface area contributed by atoms with Crippen LogP contribution in [0.1, 0.15) is 28.7 Å². The van der Waals surface area contributed by atoms with Crippen LogP contribution in [-0.2, 0) is 46.9 Å². The Kier molecular flexibility index (Phi) is 4.98. The van der Waals surface area contributed by atoms with Gasteiger partial charge in [0.05, 0.1) is 19.3 Å². The van der Waals surface area contributed by atoms with E-state index in [1.807, 2.05) is 0 Å². The van der Waals surface area contributed by atoms with Crippen LogP contribution in [0.3, 0.4) is 0 Å². The Morgan fingerprint density at radius 3 is 3.06 bits per heavy atom. The SMILES string of the molecule is COC[C@@H]1Cn2ncc([S@@](N)(=O)=NC(=O)Nc3c4c(cc5c3C[C@H](F)C5)CCC4)c2O1. The highest BCUT2D eigenvalue weighted by atomic mass is 32.2. The first-order chi connectivity index (χ1) is 14.9. The van der Waals surface area contributed by atoms with Gasteiger partial charge in [0, 0.05) is 25.6 Å². The maximum atomic E-state index is 14.1. The Morgan fingerprint density at radius 2 is 2.26 bits per heavy atom. The number of aryl methyl sites for hydroxylation is 1. The van der Waals surface area contributed by atoms with Crippen molar-refractivity contribution in [2.24, 2.45) is 9.50 Å². The third-order valence-electron chi connectivity index (χ3n) is 6.00. The van der Waals surface area contributed by atoms with Gasteiger partial charge < -0.3 is 14.8 Å². The van der Waals surface area contributed by atoms with E-state index >= 15 is 0 Å². The van der Waals surface area contributed by atoms with E-state index in [0.29, 0.717) is 25.3 Å². The molecule has 1 aromatic carbocycles. The predicted octanol–water partition coefficient (Wildman–Crippen LogP) is 2.15. The van der Waals surface area contributed by atoms with Gasteiger partial charge in [0.15, 0.2) is 9.92 Å². The average molecular weight is 450 g/mol. The molecule has 3 aliphatic rings. The molecular formula is C20H24FN5O4S. The van der Waals surface area contributed by atoms with Crippen LogP contribution < -0.4 is 15.2 Å². The van der Waals surface area contributed by atoms with E-state index < -0.39 is 22.1 Å². The molecule has 5 rings (SSSR count). The summed E-state index contributed by atoms with van der Waals surface area (Å²) in [5, 5.41) is 12.8. The molecule has 1 aliphatic heterocycles. The molecule has 0 unspecified atom stereocenters. The minimum atomic E-state index is -3.60.